The lowest BCUT2D eigenvalue weighted by Crippen LogP contribution is -2.58. The first-order valence-corrected chi connectivity index (χ1v) is 12.0. The van der Waals surface area contributed by atoms with Crippen molar-refractivity contribution in [3.63, 3.8) is 0 Å². The molecular weight excluding hydrogens is 497 g/mol. The first kappa shape index (κ1) is 27.8. The van der Waals surface area contributed by atoms with E-state index in [1.807, 2.05) is 35.4 Å². The summed E-state index contributed by atoms with van der Waals surface area (Å²) in [5.74, 6) is -0.370. The number of benzene rings is 2. The smallest absolute Gasteiger partial charge is 0.245 e. The SMILES string of the molecule is CC(C)(N)C(=O)NC(Cc1c[nH]c2ccccc12)C(=O)N1CCC2(CC1)CNc1ccccc12.Cl.Cl. The molecule has 2 aliphatic rings. The molecule has 1 atom stereocenters. The number of nitrogens with one attached hydrogen (secondary N) is 3. The van der Waals surface area contributed by atoms with Crippen molar-refractivity contribution in [2.45, 2.75) is 50.1 Å². The van der Waals surface area contributed by atoms with Crippen LogP contribution in [-0.4, -0.2) is 52.9 Å². The Morgan fingerprint density at radius 1 is 1.08 bits per heavy atom. The topological polar surface area (TPSA) is 103 Å². The Morgan fingerprint density at radius 2 is 1.75 bits per heavy atom. The molecule has 9 heteroatoms. The molecule has 1 fully saturated rings. The van der Waals surface area contributed by atoms with E-state index in [2.05, 4.69) is 39.9 Å². The third kappa shape index (κ3) is 5.19. The fourth-order valence-electron chi connectivity index (χ4n) is 5.35. The van der Waals surface area contributed by atoms with Crippen molar-refractivity contribution in [3.05, 3.63) is 65.9 Å². The normalized spacial score (nSPS) is 16.9. The molecule has 36 heavy (non-hydrogen) atoms. The molecule has 0 radical (unpaired) electrons. The molecule has 3 heterocycles. The number of H-pyrrole nitrogens is 1. The molecule has 5 rings (SSSR count). The third-order valence-corrected chi connectivity index (χ3v) is 7.44. The number of aromatic nitrogens is 1. The van der Waals surface area contributed by atoms with E-state index in [1.165, 1.54) is 11.3 Å². The van der Waals surface area contributed by atoms with Crippen LogP contribution in [0.2, 0.25) is 0 Å². The number of nitrogens with two attached hydrogens (primary N) is 1. The maximum atomic E-state index is 13.7. The number of likely N-dealkylation sites (tertiary alicyclic amines) is 1. The highest BCUT2D eigenvalue weighted by Gasteiger charge is 2.43. The maximum absolute atomic E-state index is 13.7. The van der Waals surface area contributed by atoms with Gasteiger partial charge in [-0.2, -0.15) is 0 Å². The van der Waals surface area contributed by atoms with Crippen molar-refractivity contribution in [2.24, 2.45) is 5.73 Å². The molecule has 5 N–H and O–H groups in total. The number of fused-ring (bicyclic) bond motifs is 3. The summed E-state index contributed by atoms with van der Waals surface area (Å²) in [6.45, 7) is 5.56. The summed E-state index contributed by atoms with van der Waals surface area (Å²) in [6, 6.07) is 15.8. The van der Waals surface area contributed by atoms with Crippen molar-refractivity contribution >= 4 is 53.2 Å². The maximum Gasteiger partial charge on any atom is 0.245 e. The Labute approximate surface area is 224 Å². The molecule has 0 aliphatic carbocycles. The van der Waals surface area contributed by atoms with Crippen LogP contribution < -0.4 is 16.4 Å². The van der Waals surface area contributed by atoms with E-state index in [4.69, 9.17) is 5.73 Å². The van der Waals surface area contributed by atoms with Gasteiger partial charge in [-0.25, -0.2) is 0 Å². The van der Waals surface area contributed by atoms with Gasteiger partial charge in [-0.3, -0.25) is 9.59 Å². The molecule has 7 nitrogen and oxygen atoms in total. The summed E-state index contributed by atoms with van der Waals surface area (Å²) < 4.78 is 0. The zero-order chi connectivity index (χ0) is 23.9. The first-order valence-electron chi connectivity index (χ1n) is 12.0. The van der Waals surface area contributed by atoms with Crippen LogP contribution in [0.25, 0.3) is 10.9 Å². The van der Waals surface area contributed by atoms with Crippen LogP contribution in [0.4, 0.5) is 5.69 Å². The van der Waals surface area contributed by atoms with Crippen LogP contribution in [0.15, 0.2) is 54.7 Å². The van der Waals surface area contributed by atoms with Gasteiger partial charge >= 0.3 is 0 Å². The predicted molar refractivity (Wildman–Crippen MR) is 149 cm³/mol. The van der Waals surface area contributed by atoms with Gasteiger partial charge in [0.1, 0.15) is 6.04 Å². The number of carbonyl (C=O) groups is 2. The number of piperidine rings is 1. The van der Waals surface area contributed by atoms with Gasteiger partial charge in [-0.1, -0.05) is 36.4 Å². The Bertz CT molecular complexity index is 1230. The molecule has 194 valence electrons. The number of anilines is 1. The van der Waals surface area contributed by atoms with E-state index in [-0.39, 0.29) is 42.0 Å². The minimum atomic E-state index is -1.07. The van der Waals surface area contributed by atoms with E-state index >= 15 is 0 Å². The second-order valence-corrected chi connectivity index (χ2v) is 10.3. The molecular formula is C27H35Cl2N5O2. The Kier molecular flexibility index (Phi) is 8.28. The van der Waals surface area contributed by atoms with Crippen molar-refractivity contribution < 1.29 is 9.59 Å². The van der Waals surface area contributed by atoms with E-state index in [0.29, 0.717) is 19.5 Å². The molecule has 1 saturated heterocycles. The predicted octanol–water partition coefficient (Wildman–Crippen LogP) is 3.76. The average Bonchev–Trinajstić information content (AvgIpc) is 3.40. The molecule has 2 aromatic carbocycles. The van der Waals surface area contributed by atoms with Crippen LogP contribution in [0.5, 0.6) is 0 Å². The van der Waals surface area contributed by atoms with Crippen molar-refractivity contribution in [2.75, 3.05) is 25.0 Å². The van der Waals surface area contributed by atoms with Crippen LogP contribution in [0.3, 0.4) is 0 Å². The number of carbonyl (C=O) groups excluding carboxylic acids is 2. The minimum absolute atomic E-state index is 0. The van der Waals surface area contributed by atoms with E-state index in [9.17, 15) is 9.59 Å². The van der Waals surface area contributed by atoms with Gasteiger partial charge in [0.25, 0.3) is 0 Å². The summed E-state index contributed by atoms with van der Waals surface area (Å²) in [5, 5.41) is 7.55. The van der Waals surface area contributed by atoms with E-state index < -0.39 is 11.6 Å². The quantitative estimate of drug-likeness (QED) is 0.402. The lowest BCUT2D eigenvalue weighted by Gasteiger charge is -2.40. The molecule has 0 saturated carbocycles. The second-order valence-electron chi connectivity index (χ2n) is 10.3. The Morgan fingerprint density at radius 3 is 2.47 bits per heavy atom. The fraction of sp³-hybridized carbons (Fsp3) is 0.407. The van der Waals surface area contributed by atoms with E-state index in [1.54, 1.807) is 13.8 Å². The molecule has 0 bridgehead atoms. The average molecular weight is 533 g/mol. The van der Waals surface area contributed by atoms with Crippen LogP contribution in [0.1, 0.15) is 37.8 Å². The van der Waals surface area contributed by atoms with Gasteiger partial charge in [-0.05, 0) is 49.9 Å². The first-order chi connectivity index (χ1) is 16.3. The lowest BCUT2D eigenvalue weighted by molar-refractivity contribution is -0.138. The van der Waals surface area contributed by atoms with Gasteiger partial charge in [0.15, 0.2) is 0 Å². The Balaban J connectivity index is 0.00000180. The monoisotopic (exact) mass is 531 g/mol. The zero-order valence-electron chi connectivity index (χ0n) is 20.7. The zero-order valence-corrected chi connectivity index (χ0v) is 22.3. The third-order valence-electron chi connectivity index (χ3n) is 7.44. The highest BCUT2D eigenvalue weighted by atomic mass is 35.5. The van der Waals surface area contributed by atoms with Gasteiger partial charge in [0.05, 0.1) is 5.54 Å². The standard InChI is InChI=1S/C27H33N5O2.2ClH/c1-26(2,28)25(34)31-23(15-18-16-29-21-9-5-3-7-19(18)21)24(33)32-13-11-27(12-14-32)17-30-22-10-6-4-8-20(22)27;;/h3-10,16,23,29-30H,11-15,17,28H2,1-2H3,(H,31,34);2*1H. The van der Waals surface area contributed by atoms with Gasteiger partial charge in [0, 0.05) is 54.3 Å². The van der Waals surface area contributed by atoms with Gasteiger partial charge in [-0.15, -0.1) is 24.8 Å². The summed E-state index contributed by atoms with van der Waals surface area (Å²) in [7, 11) is 0. The number of para-hydroxylation sites is 2. The number of rotatable bonds is 5. The van der Waals surface area contributed by atoms with Crippen LogP contribution in [0, 0.1) is 0 Å². The molecule has 2 amide bonds. The fourth-order valence-corrected chi connectivity index (χ4v) is 5.35. The molecule has 1 unspecified atom stereocenters. The lowest BCUT2D eigenvalue weighted by atomic mass is 9.74. The largest absolute Gasteiger partial charge is 0.384 e. The summed E-state index contributed by atoms with van der Waals surface area (Å²) in [5.41, 5.74) is 9.63. The van der Waals surface area contributed by atoms with Crippen molar-refractivity contribution in [1.82, 2.24) is 15.2 Å². The minimum Gasteiger partial charge on any atom is -0.384 e. The van der Waals surface area contributed by atoms with Crippen molar-refractivity contribution in [3.8, 4) is 0 Å². The number of hydrogen-bond acceptors (Lipinski definition) is 4. The summed E-state index contributed by atoms with van der Waals surface area (Å²) in [4.78, 5) is 31.7. The Hall–Kier alpha value is -2.74. The molecule has 3 aromatic rings. The van der Waals surface area contributed by atoms with Crippen LogP contribution in [-0.2, 0) is 21.4 Å². The van der Waals surface area contributed by atoms with Gasteiger partial charge < -0.3 is 26.3 Å². The highest BCUT2D eigenvalue weighted by Crippen LogP contribution is 2.43. The number of amides is 2. The second kappa shape index (κ2) is 10.7. The summed E-state index contributed by atoms with van der Waals surface area (Å²) in [6.07, 6.45) is 4.14. The number of nitrogens with zero attached hydrogens (tertiary/aromatic N) is 1. The molecule has 2 aliphatic heterocycles. The highest BCUT2D eigenvalue weighted by molar-refractivity contribution is 5.92. The number of aromatic amines is 1. The molecule has 1 aromatic heterocycles. The van der Waals surface area contributed by atoms with Crippen molar-refractivity contribution in [1.29, 1.82) is 0 Å². The van der Waals surface area contributed by atoms with E-state index in [0.717, 1.165) is 35.9 Å². The number of hydrogen-bond donors (Lipinski definition) is 4. The van der Waals surface area contributed by atoms with Crippen LogP contribution >= 0.6 is 24.8 Å². The molecule has 1 spiro atoms. The number of halogens is 2. The summed E-state index contributed by atoms with van der Waals surface area (Å²) >= 11 is 0. The van der Waals surface area contributed by atoms with Gasteiger partial charge in [0.2, 0.25) is 11.8 Å².